The van der Waals surface area contributed by atoms with Gasteiger partial charge in [0.15, 0.2) is 0 Å². The Kier molecular flexibility index (Phi) is 4.73. The summed E-state index contributed by atoms with van der Waals surface area (Å²) in [5, 5.41) is 16.4. The summed E-state index contributed by atoms with van der Waals surface area (Å²) in [5.41, 5.74) is 1.70. The molecule has 1 aromatic rings. The number of amides is 2. The largest absolute Gasteiger partial charge is 0.481 e. The van der Waals surface area contributed by atoms with E-state index < -0.39 is 17.8 Å². The Morgan fingerprint density at radius 2 is 1.66 bits per heavy atom. The van der Waals surface area contributed by atoms with Crippen LogP contribution in [0.15, 0.2) is 12.2 Å². The van der Waals surface area contributed by atoms with Gasteiger partial charge in [-0.1, -0.05) is 12.2 Å². The number of thiophene rings is 1. The summed E-state index contributed by atoms with van der Waals surface area (Å²) >= 11 is 1.50. The van der Waals surface area contributed by atoms with Crippen molar-refractivity contribution < 1.29 is 19.5 Å². The quantitative estimate of drug-likeness (QED) is 0.644. The van der Waals surface area contributed by atoms with Crippen molar-refractivity contribution in [2.45, 2.75) is 57.4 Å². The predicted molar refractivity (Wildman–Crippen MR) is 110 cm³/mol. The minimum absolute atomic E-state index is 0.0422. The molecule has 0 radical (unpaired) electrons. The summed E-state index contributed by atoms with van der Waals surface area (Å²) < 4.78 is 0. The molecule has 1 heterocycles. The van der Waals surface area contributed by atoms with E-state index in [2.05, 4.69) is 10.6 Å². The molecule has 5 aliphatic rings. The second-order valence-corrected chi connectivity index (χ2v) is 9.94. The van der Waals surface area contributed by atoms with Gasteiger partial charge >= 0.3 is 5.97 Å². The highest BCUT2D eigenvalue weighted by Crippen LogP contribution is 2.46. The third-order valence-corrected chi connectivity index (χ3v) is 8.09. The van der Waals surface area contributed by atoms with Crippen molar-refractivity contribution >= 4 is 34.1 Å². The van der Waals surface area contributed by atoms with E-state index in [-0.39, 0.29) is 29.7 Å². The van der Waals surface area contributed by atoms with Gasteiger partial charge in [-0.3, -0.25) is 14.4 Å². The molecular formula is C22H26N2O4S. The van der Waals surface area contributed by atoms with Crippen LogP contribution in [0.4, 0.5) is 5.00 Å². The summed E-state index contributed by atoms with van der Waals surface area (Å²) in [6, 6.07) is 0.251. The molecule has 0 aliphatic heterocycles. The van der Waals surface area contributed by atoms with E-state index in [1.54, 1.807) is 0 Å². The van der Waals surface area contributed by atoms with Crippen LogP contribution in [0.5, 0.6) is 0 Å². The maximum absolute atomic E-state index is 13.3. The number of aliphatic carboxylic acids is 1. The maximum Gasteiger partial charge on any atom is 0.307 e. The third kappa shape index (κ3) is 3.39. The molecule has 3 N–H and O–H groups in total. The lowest BCUT2D eigenvalue weighted by Gasteiger charge is -2.41. The zero-order chi connectivity index (χ0) is 20.1. The molecule has 2 amide bonds. The lowest BCUT2D eigenvalue weighted by molar-refractivity contribution is -0.151. The van der Waals surface area contributed by atoms with Gasteiger partial charge < -0.3 is 15.7 Å². The Morgan fingerprint density at radius 1 is 0.966 bits per heavy atom. The lowest BCUT2D eigenvalue weighted by Crippen LogP contribution is -2.47. The molecule has 0 spiro atoms. The Hall–Kier alpha value is -2.15. The Balaban J connectivity index is 1.44. The van der Waals surface area contributed by atoms with Gasteiger partial charge in [-0.05, 0) is 68.8 Å². The van der Waals surface area contributed by atoms with Crippen LogP contribution >= 0.6 is 11.3 Å². The molecule has 0 aromatic carbocycles. The van der Waals surface area contributed by atoms with E-state index in [1.165, 1.54) is 16.2 Å². The lowest BCUT2D eigenvalue weighted by atomic mass is 9.62. The molecule has 2 saturated carbocycles. The number of fused-ring (bicyclic) bond motifs is 3. The van der Waals surface area contributed by atoms with Gasteiger partial charge in [-0.25, -0.2) is 0 Å². The minimum Gasteiger partial charge on any atom is -0.481 e. The molecule has 6 rings (SSSR count). The Labute approximate surface area is 173 Å². The molecule has 2 fully saturated rings. The van der Waals surface area contributed by atoms with Crippen LogP contribution in [0.1, 0.15) is 59.3 Å². The first kappa shape index (κ1) is 18.9. The maximum atomic E-state index is 13.3. The number of carbonyl (C=O) groups excluding carboxylic acids is 2. The van der Waals surface area contributed by atoms with Crippen LogP contribution in [0.3, 0.4) is 0 Å². The highest BCUT2D eigenvalue weighted by Gasteiger charge is 2.48. The monoisotopic (exact) mass is 414 g/mol. The number of carboxylic acid groups (broad SMARTS) is 1. The number of hydrogen-bond acceptors (Lipinski definition) is 4. The highest BCUT2D eigenvalue weighted by atomic mass is 32.1. The van der Waals surface area contributed by atoms with Crippen LogP contribution in [0, 0.1) is 23.7 Å². The molecule has 29 heavy (non-hydrogen) atoms. The SMILES string of the molecule is O=C(NC1CC1)c1c(NC(=O)[C@@H]2[C@H](C(=O)O)[C@@H]3C=C[C@H]2CC3)sc2c1CCCC2. The summed E-state index contributed by atoms with van der Waals surface area (Å²) in [6.07, 6.45) is 11.6. The highest BCUT2D eigenvalue weighted by molar-refractivity contribution is 7.17. The minimum atomic E-state index is -0.902. The van der Waals surface area contributed by atoms with E-state index >= 15 is 0 Å². The first-order chi connectivity index (χ1) is 14.0. The van der Waals surface area contributed by atoms with Gasteiger partial charge in [0.2, 0.25) is 5.91 Å². The van der Waals surface area contributed by atoms with Gasteiger partial charge in [0, 0.05) is 10.9 Å². The van der Waals surface area contributed by atoms with Crippen molar-refractivity contribution in [3.8, 4) is 0 Å². The van der Waals surface area contributed by atoms with Crippen molar-refractivity contribution in [1.82, 2.24) is 5.32 Å². The number of carboxylic acids is 1. The second-order valence-electron chi connectivity index (χ2n) is 8.83. The molecule has 0 unspecified atom stereocenters. The fourth-order valence-corrected chi connectivity index (χ4v) is 6.55. The molecule has 6 nitrogen and oxygen atoms in total. The smallest absolute Gasteiger partial charge is 0.307 e. The van der Waals surface area contributed by atoms with Crippen molar-refractivity contribution in [2.75, 3.05) is 5.32 Å². The number of anilines is 1. The van der Waals surface area contributed by atoms with E-state index in [0.717, 1.165) is 56.9 Å². The van der Waals surface area contributed by atoms with Gasteiger partial charge in [-0.2, -0.15) is 0 Å². The van der Waals surface area contributed by atoms with Crippen molar-refractivity contribution in [3.63, 3.8) is 0 Å². The average Bonchev–Trinajstić information content (AvgIpc) is 3.45. The van der Waals surface area contributed by atoms with Crippen LogP contribution in [0.25, 0.3) is 0 Å². The summed E-state index contributed by atoms with van der Waals surface area (Å²) in [6.45, 7) is 0. The topological polar surface area (TPSA) is 95.5 Å². The normalized spacial score (nSPS) is 29.9. The fraction of sp³-hybridized carbons (Fsp3) is 0.591. The number of allylic oxidation sites excluding steroid dienone is 2. The number of hydrogen-bond donors (Lipinski definition) is 3. The van der Waals surface area contributed by atoms with Crippen molar-refractivity contribution in [3.05, 3.63) is 28.2 Å². The van der Waals surface area contributed by atoms with E-state index in [1.807, 2.05) is 12.2 Å². The van der Waals surface area contributed by atoms with Crippen molar-refractivity contribution in [2.24, 2.45) is 23.7 Å². The standard InChI is InChI=1S/C22H26N2O4S/c25-19(16-11-5-7-12(8-6-11)17(16)22(27)28)24-21-18(20(26)23-13-9-10-13)14-3-1-2-4-15(14)29-21/h5,7,11-13,16-17H,1-4,6,8-10H2,(H,23,26)(H,24,25)(H,27,28)/t11-,12+,16-,17+/m0/s1. The second kappa shape index (κ2) is 7.27. The number of nitrogens with one attached hydrogen (secondary N) is 2. The molecule has 7 heteroatoms. The predicted octanol–water partition coefficient (Wildman–Crippen LogP) is 3.37. The van der Waals surface area contributed by atoms with E-state index in [9.17, 15) is 19.5 Å². The zero-order valence-corrected chi connectivity index (χ0v) is 17.1. The first-order valence-corrected chi connectivity index (χ1v) is 11.5. The van der Waals surface area contributed by atoms with E-state index in [4.69, 9.17) is 0 Å². The molecule has 4 atom stereocenters. The number of carbonyl (C=O) groups is 3. The third-order valence-electron chi connectivity index (χ3n) is 6.88. The van der Waals surface area contributed by atoms with Gasteiger partial charge in [0.05, 0.1) is 17.4 Å². The van der Waals surface area contributed by atoms with Gasteiger partial charge in [0.1, 0.15) is 5.00 Å². The fourth-order valence-electron chi connectivity index (χ4n) is 5.26. The molecule has 0 saturated heterocycles. The zero-order valence-electron chi connectivity index (χ0n) is 16.3. The Bertz CT molecular complexity index is 901. The van der Waals surface area contributed by atoms with Gasteiger partial charge in [-0.15, -0.1) is 11.3 Å². The molecule has 5 aliphatic carbocycles. The van der Waals surface area contributed by atoms with E-state index in [0.29, 0.717) is 10.6 Å². The number of rotatable bonds is 5. The summed E-state index contributed by atoms with van der Waals surface area (Å²) in [4.78, 5) is 39.3. The van der Waals surface area contributed by atoms with Crippen LogP contribution in [-0.2, 0) is 22.4 Å². The summed E-state index contributed by atoms with van der Waals surface area (Å²) in [5.74, 6) is -2.63. The molecular weight excluding hydrogens is 388 g/mol. The van der Waals surface area contributed by atoms with Crippen LogP contribution in [-0.4, -0.2) is 28.9 Å². The molecule has 1 aromatic heterocycles. The van der Waals surface area contributed by atoms with Gasteiger partial charge in [0.25, 0.3) is 5.91 Å². The summed E-state index contributed by atoms with van der Waals surface area (Å²) in [7, 11) is 0. The number of aryl methyl sites for hydroxylation is 1. The Morgan fingerprint density at radius 3 is 2.31 bits per heavy atom. The molecule has 154 valence electrons. The van der Waals surface area contributed by atoms with Crippen molar-refractivity contribution in [1.29, 1.82) is 0 Å². The van der Waals surface area contributed by atoms with Crippen LogP contribution < -0.4 is 10.6 Å². The average molecular weight is 415 g/mol. The van der Waals surface area contributed by atoms with Crippen LogP contribution in [0.2, 0.25) is 0 Å². The molecule has 2 bridgehead atoms. The first-order valence-electron chi connectivity index (χ1n) is 10.7.